The Morgan fingerprint density at radius 1 is 1.02 bits per heavy atom. The van der Waals surface area contributed by atoms with Crippen molar-refractivity contribution in [3.63, 3.8) is 0 Å². The third-order valence-electron chi connectivity index (χ3n) is 12.1. The number of amides is 2. The van der Waals surface area contributed by atoms with Crippen LogP contribution in [0.25, 0.3) is 10.9 Å². The van der Waals surface area contributed by atoms with Gasteiger partial charge in [0, 0.05) is 42.7 Å². The number of aromatic nitrogens is 1. The third-order valence-corrected chi connectivity index (χ3v) is 14.0. The van der Waals surface area contributed by atoms with Crippen LogP contribution in [0.1, 0.15) is 87.3 Å². The summed E-state index contributed by atoms with van der Waals surface area (Å²) in [5, 5.41) is 4.22. The molecule has 0 spiro atoms. The third kappa shape index (κ3) is 4.84. The van der Waals surface area contributed by atoms with E-state index in [0.29, 0.717) is 49.3 Å². The molecule has 3 unspecified atom stereocenters. The number of piperidine rings is 1. The van der Waals surface area contributed by atoms with Crippen LogP contribution in [0.2, 0.25) is 0 Å². The molecule has 10 heteroatoms. The maximum absolute atomic E-state index is 14.6. The topological polar surface area (TPSA) is 110 Å². The highest BCUT2D eigenvalue weighted by Gasteiger charge is 2.50. The number of fused-ring (bicyclic) bond motifs is 7. The first-order valence-corrected chi connectivity index (χ1v) is 19.3. The van der Waals surface area contributed by atoms with Crippen molar-refractivity contribution < 1.29 is 22.7 Å². The number of carbonyl (C=O) groups excluding carboxylic acids is 2. The smallest absolute Gasteiger partial charge is 0.265 e. The molecule has 1 aromatic heterocycles. The molecule has 7 aliphatic rings. The summed E-state index contributed by atoms with van der Waals surface area (Å²) in [6.07, 6.45) is 14.3. The summed E-state index contributed by atoms with van der Waals surface area (Å²) in [6, 6.07) is 6.92. The molecule has 2 saturated heterocycles. The normalized spacial score (nSPS) is 28.8. The molecule has 4 heterocycles. The molecule has 2 N–H and O–H groups in total. The van der Waals surface area contributed by atoms with Gasteiger partial charge >= 0.3 is 0 Å². The van der Waals surface area contributed by atoms with E-state index in [9.17, 15) is 18.0 Å². The number of carbonyl (C=O) groups is 2. The van der Waals surface area contributed by atoms with Gasteiger partial charge in [-0.15, -0.1) is 0 Å². The zero-order valence-corrected chi connectivity index (χ0v) is 27.9. The van der Waals surface area contributed by atoms with E-state index in [-0.39, 0.29) is 17.7 Å². The summed E-state index contributed by atoms with van der Waals surface area (Å²) in [6.45, 7) is 3.00. The summed E-state index contributed by atoms with van der Waals surface area (Å²) in [7, 11) is -1.99. The predicted octanol–water partition coefficient (Wildman–Crippen LogP) is 4.80. The van der Waals surface area contributed by atoms with Crippen LogP contribution >= 0.6 is 0 Å². The molecular weight excluding hydrogens is 612 g/mol. The summed E-state index contributed by atoms with van der Waals surface area (Å²) < 4.78 is 36.4. The molecule has 4 fully saturated rings. The molecule has 3 aliphatic heterocycles. The van der Waals surface area contributed by atoms with Gasteiger partial charge < -0.3 is 19.5 Å². The van der Waals surface area contributed by atoms with Crippen LogP contribution in [0.3, 0.4) is 0 Å². The van der Waals surface area contributed by atoms with E-state index in [1.807, 2.05) is 0 Å². The number of likely N-dealkylation sites (tertiary alicyclic amines) is 1. The van der Waals surface area contributed by atoms with Gasteiger partial charge in [-0.05, 0) is 97.7 Å². The Morgan fingerprint density at radius 2 is 1.85 bits per heavy atom. The number of benzene rings is 1. The fourth-order valence-corrected chi connectivity index (χ4v) is 10.9. The van der Waals surface area contributed by atoms with Crippen LogP contribution < -0.4 is 14.8 Å². The fraction of sp³-hybridized carbons (Fsp3) is 0.568. The van der Waals surface area contributed by atoms with Crippen molar-refractivity contribution in [2.24, 2.45) is 11.8 Å². The van der Waals surface area contributed by atoms with Gasteiger partial charge in [0.15, 0.2) is 0 Å². The first-order chi connectivity index (χ1) is 22.8. The van der Waals surface area contributed by atoms with Crippen molar-refractivity contribution in [2.75, 3.05) is 26.7 Å². The van der Waals surface area contributed by atoms with E-state index in [2.05, 4.69) is 49.9 Å². The second-order valence-corrected chi connectivity index (χ2v) is 16.9. The molecule has 4 aliphatic carbocycles. The molecule has 1 aromatic carbocycles. The van der Waals surface area contributed by atoms with E-state index in [0.717, 1.165) is 84.4 Å². The molecule has 0 radical (unpaired) electrons. The van der Waals surface area contributed by atoms with Crippen LogP contribution in [-0.4, -0.2) is 67.7 Å². The average Bonchev–Trinajstić information content (AvgIpc) is 3.99. The van der Waals surface area contributed by atoms with E-state index >= 15 is 0 Å². The highest BCUT2D eigenvalue weighted by Crippen LogP contribution is 2.55. The van der Waals surface area contributed by atoms with Crippen LogP contribution in [0.5, 0.6) is 5.75 Å². The molecule has 9 rings (SSSR count). The van der Waals surface area contributed by atoms with E-state index in [1.165, 1.54) is 24.8 Å². The Morgan fingerprint density at radius 3 is 2.62 bits per heavy atom. The number of methoxy groups -OCH3 is 1. The fourth-order valence-electron chi connectivity index (χ4n) is 9.61. The van der Waals surface area contributed by atoms with Gasteiger partial charge in [-0.1, -0.05) is 37.5 Å². The van der Waals surface area contributed by atoms with E-state index in [1.54, 1.807) is 7.11 Å². The van der Waals surface area contributed by atoms with Crippen LogP contribution in [0, 0.1) is 11.8 Å². The number of rotatable bonds is 6. The lowest BCUT2D eigenvalue weighted by molar-refractivity contribution is -0.135. The summed E-state index contributed by atoms with van der Waals surface area (Å²) >= 11 is 0. The Bertz CT molecular complexity index is 1880. The molecule has 248 valence electrons. The number of hydrogen-bond acceptors (Lipinski definition) is 6. The van der Waals surface area contributed by atoms with Crippen LogP contribution in [0.4, 0.5) is 0 Å². The molecule has 47 heavy (non-hydrogen) atoms. The minimum absolute atomic E-state index is 0.177. The quantitative estimate of drug-likeness (QED) is 0.463. The summed E-state index contributed by atoms with van der Waals surface area (Å²) in [5.41, 5.74) is 6.72. The van der Waals surface area contributed by atoms with Gasteiger partial charge in [0.05, 0.1) is 29.4 Å². The maximum atomic E-state index is 14.6. The van der Waals surface area contributed by atoms with Crippen LogP contribution in [-0.2, 0) is 26.2 Å². The predicted molar refractivity (Wildman–Crippen MR) is 180 cm³/mol. The second kappa shape index (κ2) is 11.1. The first kappa shape index (κ1) is 29.7. The van der Waals surface area contributed by atoms with Crippen molar-refractivity contribution in [3.05, 3.63) is 63.9 Å². The molecule has 2 amide bonds. The zero-order chi connectivity index (χ0) is 32.0. The Labute approximate surface area is 276 Å². The molecule has 4 atom stereocenters. The summed E-state index contributed by atoms with van der Waals surface area (Å²) in [5.74, 6) is 0.827. The maximum Gasteiger partial charge on any atom is 0.265 e. The second-order valence-electron chi connectivity index (χ2n) is 14.9. The lowest BCUT2D eigenvalue weighted by Gasteiger charge is -2.33. The van der Waals surface area contributed by atoms with Crippen molar-refractivity contribution in [3.8, 4) is 5.75 Å². The van der Waals surface area contributed by atoms with Crippen LogP contribution in [0.15, 0.2) is 52.6 Å². The van der Waals surface area contributed by atoms with Gasteiger partial charge in [0.1, 0.15) is 5.75 Å². The van der Waals surface area contributed by atoms with Gasteiger partial charge in [-0.3, -0.25) is 9.59 Å². The highest BCUT2D eigenvalue weighted by molar-refractivity contribution is 7.91. The molecule has 2 aromatic rings. The number of sulfonamides is 1. The standard InChI is InChI=1S/C37H44N4O5S/c1-46-31-15-14-24(21-7-3-2-4-8-21)35-27(31)17-30-32-25(10-5-11-26(32)37(43)40-18-22-9-6-16-38-29(22)20-40)33-28(19-41(30)35)34(33)36(42)39-47(44,45)23-12-13-23/h5,10,14-15,17,21-23,26,29,32,38H,2-4,6-9,11-13,16,18-20H2,1H3,(H,39,42)/t22?,26-,29?,32?/m1/s1. The minimum Gasteiger partial charge on any atom is -0.496 e. The van der Waals surface area contributed by atoms with E-state index in [4.69, 9.17) is 4.74 Å². The van der Waals surface area contributed by atoms with Gasteiger partial charge in [-0.2, -0.15) is 0 Å². The lowest BCUT2D eigenvalue weighted by Crippen LogP contribution is -2.42. The SMILES string of the molecule is COc1ccc(C2CCCCC2)c2c1cc1n2CC2=C(C(=O)NS(=O)(=O)C3CC3)C2=C2C=CC[C@@H](C(=O)N3CC4CCCNC4C3)C21. The highest BCUT2D eigenvalue weighted by atomic mass is 32.2. The average molecular weight is 657 g/mol. The first-order valence-electron chi connectivity index (χ1n) is 17.8. The van der Waals surface area contributed by atoms with Crippen molar-refractivity contribution in [2.45, 2.75) is 93.9 Å². The Kier molecular flexibility index (Phi) is 7.02. The van der Waals surface area contributed by atoms with Gasteiger partial charge in [0.2, 0.25) is 15.9 Å². The molecule has 0 bridgehead atoms. The largest absolute Gasteiger partial charge is 0.496 e. The number of ether oxygens (including phenoxy) is 1. The lowest BCUT2D eigenvalue weighted by atomic mass is 9.76. The Hall–Kier alpha value is -3.37. The monoisotopic (exact) mass is 656 g/mol. The number of allylic oxidation sites excluding steroid dienone is 4. The minimum atomic E-state index is -3.70. The zero-order valence-electron chi connectivity index (χ0n) is 27.1. The van der Waals surface area contributed by atoms with Crippen molar-refractivity contribution >= 4 is 32.7 Å². The Balaban J connectivity index is 1.18. The number of hydrogen-bond donors (Lipinski definition) is 2. The number of nitrogens with zero attached hydrogens (tertiary/aromatic N) is 2. The molecule has 2 saturated carbocycles. The van der Waals surface area contributed by atoms with Gasteiger partial charge in [0.25, 0.3) is 5.91 Å². The van der Waals surface area contributed by atoms with E-state index < -0.39 is 21.2 Å². The summed E-state index contributed by atoms with van der Waals surface area (Å²) in [4.78, 5) is 30.4. The number of nitrogens with one attached hydrogen (secondary N) is 2. The molecular formula is C37H44N4O5S. The van der Waals surface area contributed by atoms with Crippen molar-refractivity contribution in [1.29, 1.82) is 0 Å². The van der Waals surface area contributed by atoms with Crippen molar-refractivity contribution in [1.82, 2.24) is 19.5 Å². The molecule has 9 nitrogen and oxygen atoms in total. The van der Waals surface area contributed by atoms with Gasteiger partial charge in [-0.25, -0.2) is 13.1 Å².